The van der Waals surface area contributed by atoms with Gasteiger partial charge in [0.25, 0.3) is 0 Å². The molecule has 0 heterocycles. The molecule has 0 nitrogen and oxygen atoms in total. The predicted molar refractivity (Wildman–Crippen MR) is 162 cm³/mol. The van der Waals surface area contributed by atoms with Gasteiger partial charge in [0.1, 0.15) is 0 Å². The standard InChI is InChI=1S/C19H13.C9H13.4CH3.2ClH.2H2Si.Zr/c1-2-10-16-14(6-1)8-4-12-18(16)19-13-5-9-15-7-3-11-17(15)19;1-2-3-6-9-7-4-5-8-9;;;;;;;;;/h1-13H;4-5,7-8H,2-3,6H2,1H3;4*1H3;2*1H;2*1H2;/p-2. The first-order valence-corrected chi connectivity index (χ1v) is 38.0. The van der Waals surface area contributed by atoms with E-state index in [0.717, 1.165) is 0 Å². The average molecular weight is 645 g/mol. The fraction of sp³-hybridized carbons (Fsp3) is 0.312. The minimum absolute atomic E-state index is 0. The first-order chi connectivity index (χ1) is 16.0. The topological polar surface area (TPSA) is 0 Å². The summed E-state index contributed by atoms with van der Waals surface area (Å²) < 4.78 is 11.8. The van der Waals surface area contributed by atoms with Crippen molar-refractivity contribution in [3.05, 3.63) is 102 Å². The molecule has 0 N–H and O–H groups in total. The summed E-state index contributed by atoms with van der Waals surface area (Å²) in [6.07, 6.45) is 16.4. The van der Waals surface area contributed by atoms with Gasteiger partial charge in [-0.05, 0) is 0 Å². The minimum Gasteiger partial charge on any atom is -1.00 e. The van der Waals surface area contributed by atoms with Gasteiger partial charge in [-0.1, -0.05) is 0 Å². The Morgan fingerprint density at radius 1 is 0.757 bits per heavy atom. The molecule has 3 aromatic carbocycles. The molecule has 0 aromatic heterocycles. The quantitative estimate of drug-likeness (QED) is 0.363. The normalized spacial score (nSPS) is 22.5. The smallest absolute Gasteiger partial charge is 1.00 e. The van der Waals surface area contributed by atoms with Crippen LogP contribution in [0, 0.1) is 0 Å². The molecule has 0 saturated heterocycles. The monoisotopic (exact) mass is 642 g/mol. The molecule has 5 heteroatoms. The molecule has 37 heavy (non-hydrogen) atoms. The molecule has 0 amide bonds. The first-order valence-electron chi connectivity index (χ1n) is 13.5. The van der Waals surface area contributed by atoms with Crippen LogP contribution in [0.25, 0.3) is 28.0 Å². The molecule has 2 unspecified atom stereocenters. The largest absolute Gasteiger partial charge is 1.00 e. The van der Waals surface area contributed by atoms with Gasteiger partial charge in [-0.2, -0.15) is 0 Å². The van der Waals surface area contributed by atoms with Gasteiger partial charge in [0.05, 0.1) is 0 Å². The summed E-state index contributed by atoms with van der Waals surface area (Å²) in [6, 6.07) is 22.5. The van der Waals surface area contributed by atoms with Gasteiger partial charge < -0.3 is 24.8 Å². The molecule has 0 spiro atoms. The Labute approximate surface area is 229 Å². The van der Waals surface area contributed by atoms with E-state index >= 15 is 0 Å². The number of allylic oxidation sites excluding steroid dienone is 5. The Morgan fingerprint density at radius 2 is 1.41 bits per heavy atom. The van der Waals surface area contributed by atoms with Gasteiger partial charge in [-0.3, -0.25) is 0 Å². The minimum atomic E-state index is -4.87. The number of hydrogen-bond donors (Lipinski definition) is 0. The van der Waals surface area contributed by atoms with Crippen LogP contribution in [0.15, 0.2) is 90.5 Å². The Kier molecular flexibility index (Phi) is 6.46. The van der Waals surface area contributed by atoms with Crippen molar-refractivity contribution in [2.24, 2.45) is 0 Å². The maximum Gasteiger partial charge on any atom is -1.00 e. The Hall–Kier alpha value is -0.963. The molecule has 0 bridgehead atoms. The van der Waals surface area contributed by atoms with Gasteiger partial charge in [0.15, 0.2) is 0 Å². The molecule has 0 aliphatic heterocycles. The van der Waals surface area contributed by atoms with Crippen LogP contribution in [-0.2, 0) is 11.6 Å². The van der Waals surface area contributed by atoms with E-state index in [1.54, 1.807) is 5.57 Å². The van der Waals surface area contributed by atoms with Crippen molar-refractivity contribution in [1.29, 1.82) is 0 Å². The molecule has 2 aliphatic carbocycles. The SMILES string of the molecule is CCCCC1=C[CH]([Zr]([CH3])([CH3])([CH3])([CH3])(=[SiH2])(=[SiH2])[CH]2C=Cc3c(-c4cccc5ccccc45)cccc32)C=C1.[Cl-].[Cl-]. The number of hydrogen-bond acceptors (Lipinski definition) is 0. The first kappa shape index (κ1) is 30.6. The van der Waals surface area contributed by atoms with Crippen LogP contribution in [0.4, 0.5) is 0 Å². The molecule has 198 valence electrons. The maximum atomic E-state index is 2.73. The molecule has 0 saturated carbocycles. The zero-order valence-corrected chi connectivity index (χ0v) is 29.9. The van der Waals surface area contributed by atoms with Crippen LogP contribution in [0.5, 0.6) is 0 Å². The van der Waals surface area contributed by atoms with Gasteiger partial charge in [-0.15, -0.1) is 0 Å². The van der Waals surface area contributed by atoms with E-state index in [9.17, 15) is 0 Å². The van der Waals surface area contributed by atoms with Gasteiger partial charge in [0, 0.05) is 0 Å². The zero-order chi connectivity index (χ0) is 25.3. The van der Waals surface area contributed by atoms with E-state index in [2.05, 4.69) is 130 Å². The summed E-state index contributed by atoms with van der Waals surface area (Å²) in [6.45, 7) is 7.11. The van der Waals surface area contributed by atoms with Crippen LogP contribution >= 0.6 is 0 Å². The summed E-state index contributed by atoms with van der Waals surface area (Å²) >= 11 is -4.87. The molecule has 5 rings (SSSR count). The van der Waals surface area contributed by atoms with Crippen molar-refractivity contribution in [1.82, 2.24) is 0 Å². The second-order valence-electron chi connectivity index (χ2n) is 17.3. The van der Waals surface area contributed by atoms with Crippen molar-refractivity contribution in [3.63, 3.8) is 0 Å². The van der Waals surface area contributed by atoms with E-state index in [1.165, 1.54) is 52.3 Å². The number of fused-ring (bicyclic) bond motifs is 2. The summed E-state index contributed by atoms with van der Waals surface area (Å²) in [5, 5.41) is 2.64. The predicted octanol–water partition coefficient (Wildman–Crippen LogP) is 2.64. The van der Waals surface area contributed by atoms with Crippen molar-refractivity contribution >= 4 is 30.6 Å². The number of rotatable bonds is 6. The van der Waals surface area contributed by atoms with E-state index in [4.69, 9.17) is 0 Å². The molecular weight excluding hydrogens is 603 g/mol. The molecule has 0 radical (unpaired) electrons. The summed E-state index contributed by atoms with van der Waals surface area (Å²) in [7, 11) is 0. The van der Waals surface area contributed by atoms with Crippen molar-refractivity contribution in [2.75, 3.05) is 0 Å². The summed E-state index contributed by atoms with van der Waals surface area (Å²) in [5.41, 5.74) is 7.18. The second-order valence-corrected chi connectivity index (χ2v) is 121. The summed E-state index contributed by atoms with van der Waals surface area (Å²) in [4.78, 5) is 0. The molecule has 2 aliphatic rings. The van der Waals surface area contributed by atoms with Crippen molar-refractivity contribution in [2.45, 2.75) is 52.0 Å². The van der Waals surface area contributed by atoms with Crippen LogP contribution in [0.3, 0.4) is 0 Å². The summed E-state index contributed by atoms with van der Waals surface area (Å²) in [5.74, 6) is 0. The molecule has 0 fully saturated rings. The third-order valence-electron chi connectivity index (χ3n) is 9.60. The van der Waals surface area contributed by atoms with Crippen LogP contribution < -0.4 is 24.8 Å². The molecule has 3 aromatic rings. The fourth-order valence-corrected chi connectivity index (χ4v) is 29.5. The van der Waals surface area contributed by atoms with Gasteiger partial charge in [0.2, 0.25) is 0 Å². The van der Waals surface area contributed by atoms with Crippen LogP contribution in [0.1, 0.15) is 40.9 Å². The van der Waals surface area contributed by atoms with Gasteiger partial charge >= 0.3 is 207 Å². The number of halogens is 2. The van der Waals surface area contributed by atoms with Crippen LogP contribution in [-0.4, -0.2) is 13.8 Å². The Balaban J connectivity index is 0.00000190. The number of benzene rings is 3. The van der Waals surface area contributed by atoms with Crippen molar-refractivity contribution in [3.8, 4) is 11.1 Å². The van der Waals surface area contributed by atoms with E-state index in [1.807, 2.05) is 0 Å². The third kappa shape index (κ3) is 4.93. The Morgan fingerprint density at radius 3 is 2.14 bits per heavy atom. The number of unbranched alkanes of at least 4 members (excludes halogenated alkanes) is 1. The fourth-order valence-electron chi connectivity index (χ4n) is 6.94. The maximum absolute atomic E-state index is 4.87. The third-order valence-corrected chi connectivity index (χ3v) is 41.5. The van der Waals surface area contributed by atoms with Crippen molar-refractivity contribution < 1.29 is 36.4 Å². The van der Waals surface area contributed by atoms with E-state index < -0.39 is 11.6 Å². The average Bonchev–Trinajstić information content (AvgIpc) is 3.45. The van der Waals surface area contributed by atoms with E-state index in [0.29, 0.717) is 7.25 Å². The molecule has 2 atom stereocenters. The van der Waals surface area contributed by atoms with Crippen LogP contribution in [0.2, 0.25) is 22.2 Å². The van der Waals surface area contributed by atoms with E-state index in [-0.39, 0.29) is 24.8 Å². The van der Waals surface area contributed by atoms with Gasteiger partial charge in [-0.25, -0.2) is 0 Å². The molecular formula is C32H42Cl2Si2Zr-2. The Bertz CT molecular complexity index is 1750. The second kappa shape index (κ2) is 7.82. The zero-order valence-electron chi connectivity index (χ0n) is 23.1.